The number of piperidine rings is 1. The van der Waals surface area contributed by atoms with Crippen LogP contribution in [0.4, 0.5) is 0 Å². The van der Waals surface area contributed by atoms with E-state index < -0.39 is 0 Å². The summed E-state index contributed by atoms with van der Waals surface area (Å²) in [5.74, 6) is 0.132. The Bertz CT molecular complexity index is 1020. The molecule has 31 heavy (non-hydrogen) atoms. The van der Waals surface area contributed by atoms with Crippen molar-refractivity contribution in [3.8, 4) is 0 Å². The Labute approximate surface area is 183 Å². The number of benzene rings is 3. The zero-order chi connectivity index (χ0) is 21.6. The van der Waals surface area contributed by atoms with Gasteiger partial charge in [0.05, 0.1) is 32.0 Å². The largest absolute Gasteiger partial charge is 0.465 e. The van der Waals surface area contributed by atoms with Crippen LogP contribution < -0.4 is 5.32 Å². The minimum Gasteiger partial charge on any atom is -0.465 e. The van der Waals surface area contributed by atoms with Crippen LogP contribution in [0.3, 0.4) is 0 Å². The lowest BCUT2D eigenvalue weighted by atomic mass is 9.79. The number of nitrogens with one attached hydrogen (secondary N) is 1. The Balaban J connectivity index is 1.54. The molecule has 0 spiro atoms. The first-order chi connectivity index (χ1) is 15.2. The number of hydrogen-bond acceptors (Lipinski definition) is 5. The second-order valence-corrected chi connectivity index (χ2v) is 8.04. The third-order valence-electron chi connectivity index (χ3n) is 6.04. The van der Waals surface area contributed by atoms with Crippen LogP contribution >= 0.6 is 0 Å². The molecular formula is C26H29NO4. The third kappa shape index (κ3) is 4.96. The maximum absolute atomic E-state index is 11.8. The van der Waals surface area contributed by atoms with E-state index in [-0.39, 0.29) is 23.9 Å². The van der Waals surface area contributed by atoms with Gasteiger partial charge in [-0.3, -0.25) is 0 Å². The number of ether oxygens (including phenoxy) is 3. The van der Waals surface area contributed by atoms with Crippen LogP contribution in [0.2, 0.25) is 0 Å². The van der Waals surface area contributed by atoms with Crippen molar-refractivity contribution in [3.63, 3.8) is 0 Å². The van der Waals surface area contributed by atoms with Crippen LogP contribution in [0, 0.1) is 5.92 Å². The number of hydrogen-bond donors (Lipinski definition) is 1. The van der Waals surface area contributed by atoms with Crippen molar-refractivity contribution >= 4 is 16.7 Å². The summed E-state index contributed by atoms with van der Waals surface area (Å²) in [4.78, 5) is 11.8. The van der Waals surface area contributed by atoms with Gasteiger partial charge in [0.15, 0.2) is 0 Å². The smallest absolute Gasteiger partial charge is 0.337 e. The highest BCUT2D eigenvalue weighted by atomic mass is 16.5. The van der Waals surface area contributed by atoms with Crippen molar-refractivity contribution < 1.29 is 19.0 Å². The van der Waals surface area contributed by atoms with Gasteiger partial charge >= 0.3 is 5.97 Å². The summed E-state index contributed by atoms with van der Waals surface area (Å²) >= 11 is 0. The lowest BCUT2D eigenvalue weighted by Gasteiger charge is -2.38. The van der Waals surface area contributed by atoms with Gasteiger partial charge in [-0.1, -0.05) is 48.5 Å². The van der Waals surface area contributed by atoms with E-state index in [9.17, 15) is 4.79 Å². The Hall–Kier alpha value is -2.73. The van der Waals surface area contributed by atoms with Crippen molar-refractivity contribution in [2.75, 3.05) is 33.9 Å². The summed E-state index contributed by atoms with van der Waals surface area (Å²) < 4.78 is 16.8. The minimum absolute atomic E-state index is 0.00402. The molecule has 4 rings (SSSR count). The molecule has 0 aromatic heterocycles. The molecule has 0 aliphatic carbocycles. The highest BCUT2D eigenvalue weighted by molar-refractivity contribution is 5.89. The topological polar surface area (TPSA) is 56.8 Å². The first-order valence-electron chi connectivity index (χ1n) is 10.7. The third-order valence-corrected chi connectivity index (χ3v) is 6.04. The maximum atomic E-state index is 11.8. The standard InChI is InChI=1S/C26H29NO4/c1-29-17-23-14-27-15-24(25(23)20-9-11-21(12-10-20)26(28)30-2)31-16-18-7-8-19-5-3-4-6-22(19)13-18/h3-13,23-25,27H,14-17H2,1-2H3. The fraction of sp³-hybridized carbons (Fsp3) is 0.346. The van der Waals surface area contributed by atoms with Gasteiger partial charge in [0.25, 0.3) is 0 Å². The van der Waals surface area contributed by atoms with Crippen molar-refractivity contribution in [1.29, 1.82) is 0 Å². The molecule has 1 fully saturated rings. The zero-order valence-corrected chi connectivity index (χ0v) is 18.0. The summed E-state index contributed by atoms with van der Waals surface area (Å²) in [5, 5.41) is 5.95. The Morgan fingerprint density at radius 3 is 2.48 bits per heavy atom. The second kappa shape index (κ2) is 10.1. The van der Waals surface area contributed by atoms with Crippen molar-refractivity contribution in [2.24, 2.45) is 5.92 Å². The van der Waals surface area contributed by atoms with Gasteiger partial charge < -0.3 is 19.5 Å². The van der Waals surface area contributed by atoms with Crippen LogP contribution in [0.5, 0.6) is 0 Å². The Morgan fingerprint density at radius 1 is 0.968 bits per heavy atom. The number of methoxy groups -OCH3 is 2. The van der Waals surface area contributed by atoms with E-state index in [2.05, 4.69) is 47.8 Å². The molecule has 1 N–H and O–H groups in total. The highest BCUT2D eigenvalue weighted by Gasteiger charge is 2.35. The molecule has 162 valence electrons. The molecule has 0 bridgehead atoms. The number of carbonyl (C=O) groups is 1. The normalized spacial score (nSPS) is 21.2. The van der Waals surface area contributed by atoms with Gasteiger partial charge in [0.2, 0.25) is 0 Å². The predicted octanol–water partition coefficient (Wildman–Crippen LogP) is 4.16. The van der Waals surface area contributed by atoms with Gasteiger partial charge in [0, 0.05) is 32.0 Å². The van der Waals surface area contributed by atoms with E-state index in [1.165, 1.54) is 17.9 Å². The molecule has 1 aliphatic rings. The van der Waals surface area contributed by atoms with E-state index in [0.29, 0.717) is 18.8 Å². The van der Waals surface area contributed by atoms with Crippen LogP contribution in [-0.2, 0) is 20.8 Å². The summed E-state index contributed by atoms with van der Waals surface area (Å²) in [6, 6.07) is 22.5. The van der Waals surface area contributed by atoms with E-state index >= 15 is 0 Å². The van der Waals surface area contributed by atoms with E-state index in [0.717, 1.165) is 24.2 Å². The van der Waals surface area contributed by atoms with Crippen molar-refractivity contribution in [2.45, 2.75) is 18.6 Å². The van der Waals surface area contributed by atoms with Crippen molar-refractivity contribution in [1.82, 2.24) is 5.32 Å². The average Bonchev–Trinajstić information content (AvgIpc) is 2.82. The summed E-state index contributed by atoms with van der Waals surface area (Å²) in [5.41, 5.74) is 2.86. The number of esters is 1. The maximum Gasteiger partial charge on any atom is 0.337 e. The molecule has 1 aliphatic heterocycles. The highest BCUT2D eigenvalue weighted by Crippen LogP contribution is 2.33. The lowest BCUT2D eigenvalue weighted by Crippen LogP contribution is -2.48. The molecule has 5 nitrogen and oxygen atoms in total. The van der Waals surface area contributed by atoms with E-state index in [1.807, 2.05) is 24.3 Å². The lowest BCUT2D eigenvalue weighted by molar-refractivity contribution is -0.0192. The zero-order valence-electron chi connectivity index (χ0n) is 18.0. The molecule has 0 radical (unpaired) electrons. The molecule has 3 atom stereocenters. The minimum atomic E-state index is -0.325. The molecule has 3 aromatic carbocycles. The summed E-state index contributed by atoms with van der Waals surface area (Å²) in [6.45, 7) is 2.84. The number of rotatable bonds is 7. The number of fused-ring (bicyclic) bond motifs is 1. The number of carbonyl (C=O) groups excluding carboxylic acids is 1. The van der Waals surface area contributed by atoms with Gasteiger partial charge in [-0.15, -0.1) is 0 Å². The molecule has 1 heterocycles. The fourth-order valence-corrected chi connectivity index (χ4v) is 4.49. The first kappa shape index (κ1) is 21.5. The van der Waals surface area contributed by atoms with Crippen LogP contribution in [-0.4, -0.2) is 46.0 Å². The fourth-order valence-electron chi connectivity index (χ4n) is 4.49. The van der Waals surface area contributed by atoms with Gasteiger partial charge in [0.1, 0.15) is 0 Å². The van der Waals surface area contributed by atoms with E-state index in [1.54, 1.807) is 7.11 Å². The predicted molar refractivity (Wildman–Crippen MR) is 121 cm³/mol. The van der Waals surface area contributed by atoms with Gasteiger partial charge in [-0.25, -0.2) is 4.79 Å². The average molecular weight is 420 g/mol. The van der Waals surface area contributed by atoms with Crippen LogP contribution in [0.25, 0.3) is 10.8 Å². The van der Waals surface area contributed by atoms with Crippen molar-refractivity contribution in [3.05, 3.63) is 83.4 Å². The van der Waals surface area contributed by atoms with Gasteiger partial charge in [-0.05, 0) is 40.1 Å². The molecule has 5 heteroatoms. The van der Waals surface area contributed by atoms with Crippen LogP contribution in [0.1, 0.15) is 27.4 Å². The summed E-state index contributed by atoms with van der Waals surface area (Å²) in [6.07, 6.45) is 0.00402. The van der Waals surface area contributed by atoms with Crippen LogP contribution in [0.15, 0.2) is 66.7 Å². The molecule has 3 unspecified atom stereocenters. The second-order valence-electron chi connectivity index (χ2n) is 8.04. The molecule has 0 saturated carbocycles. The van der Waals surface area contributed by atoms with Gasteiger partial charge in [-0.2, -0.15) is 0 Å². The molecule has 0 amide bonds. The quantitative estimate of drug-likeness (QED) is 0.583. The SMILES string of the molecule is COCC1CNCC(OCc2ccc3ccccc3c2)C1c1ccc(C(=O)OC)cc1. The molecule has 3 aromatic rings. The monoisotopic (exact) mass is 419 g/mol. The first-order valence-corrected chi connectivity index (χ1v) is 10.7. The summed E-state index contributed by atoms with van der Waals surface area (Å²) in [7, 11) is 3.13. The Kier molecular flexibility index (Phi) is 6.97. The Morgan fingerprint density at radius 2 is 1.74 bits per heavy atom. The molecule has 1 saturated heterocycles. The molecular weight excluding hydrogens is 390 g/mol. The van der Waals surface area contributed by atoms with E-state index in [4.69, 9.17) is 14.2 Å².